The molecule has 0 rings (SSSR count). The van der Waals surface area contributed by atoms with Crippen molar-refractivity contribution in [2.75, 3.05) is 19.8 Å². The highest BCUT2D eigenvalue weighted by Gasteiger charge is 2.18. The number of hydrogen-bond acceptors (Lipinski definition) is 2. The lowest BCUT2D eigenvalue weighted by Gasteiger charge is -2.26. The van der Waals surface area contributed by atoms with Crippen LogP contribution < -0.4 is 0 Å². The molecule has 0 bridgehead atoms. The first kappa shape index (κ1) is 15.9. The van der Waals surface area contributed by atoms with Gasteiger partial charge in [0.1, 0.15) is 0 Å². The molecule has 0 atom stereocenters. The predicted molar refractivity (Wildman–Crippen MR) is 69.8 cm³/mol. The molecule has 0 unspecified atom stereocenters. The van der Waals surface area contributed by atoms with Crippen molar-refractivity contribution in [1.82, 2.24) is 0 Å². The van der Waals surface area contributed by atoms with E-state index >= 15 is 0 Å². The van der Waals surface area contributed by atoms with Crippen LogP contribution in [-0.2, 0) is 9.47 Å². The Morgan fingerprint density at radius 2 is 1.56 bits per heavy atom. The summed E-state index contributed by atoms with van der Waals surface area (Å²) in [6, 6.07) is 0. The van der Waals surface area contributed by atoms with Crippen molar-refractivity contribution < 1.29 is 9.47 Å². The van der Waals surface area contributed by atoms with Gasteiger partial charge in [-0.05, 0) is 38.0 Å². The third-order valence-corrected chi connectivity index (χ3v) is 2.56. The molecular weight excluding hydrogens is 200 g/mol. The summed E-state index contributed by atoms with van der Waals surface area (Å²) >= 11 is 0. The Balaban J connectivity index is 3.43. The Morgan fingerprint density at radius 3 is 2.06 bits per heavy atom. The molecule has 0 N–H and O–H groups in total. The lowest BCUT2D eigenvalue weighted by Crippen LogP contribution is -2.18. The summed E-state index contributed by atoms with van der Waals surface area (Å²) in [7, 11) is 0. The number of ether oxygens (including phenoxy) is 2. The van der Waals surface area contributed by atoms with E-state index in [1.165, 1.54) is 6.42 Å². The Bertz CT molecular complexity index is 162. The van der Waals surface area contributed by atoms with Crippen LogP contribution in [0, 0.1) is 11.3 Å². The van der Waals surface area contributed by atoms with Crippen LogP contribution in [0.5, 0.6) is 0 Å². The molecule has 0 amide bonds. The molecule has 0 saturated heterocycles. The van der Waals surface area contributed by atoms with Gasteiger partial charge in [-0.15, -0.1) is 0 Å². The maximum Gasteiger partial charge on any atom is 0.0703 e. The Labute approximate surface area is 102 Å². The van der Waals surface area contributed by atoms with Gasteiger partial charge < -0.3 is 9.47 Å². The topological polar surface area (TPSA) is 18.5 Å². The van der Waals surface area contributed by atoms with Crippen molar-refractivity contribution >= 4 is 0 Å². The first-order valence-electron chi connectivity index (χ1n) is 6.53. The molecule has 0 heterocycles. The molecule has 2 nitrogen and oxygen atoms in total. The largest absolute Gasteiger partial charge is 0.379 e. The SMILES string of the molecule is CC(C)CC(C)(C)CCOCCOC(C)C. The summed E-state index contributed by atoms with van der Waals surface area (Å²) in [5.74, 6) is 0.763. The van der Waals surface area contributed by atoms with E-state index in [0.29, 0.717) is 18.1 Å². The van der Waals surface area contributed by atoms with Gasteiger partial charge >= 0.3 is 0 Å². The van der Waals surface area contributed by atoms with E-state index < -0.39 is 0 Å². The van der Waals surface area contributed by atoms with Gasteiger partial charge in [-0.1, -0.05) is 27.7 Å². The lowest BCUT2D eigenvalue weighted by atomic mass is 9.81. The molecule has 0 spiro atoms. The monoisotopic (exact) mass is 230 g/mol. The van der Waals surface area contributed by atoms with E-state index in [0.717, 1.165) is 25.6 Å². The molecule has 0 aromatic carbocycles. The zero-order valence-electron chi connectivity index (χ0n) is 12.0. The van der Waals surface area contributed by atoms with Gasteiger partial charge in [-0.2, -0.15) is 0 Å². The van der Waals surface area contributed by atoms with Crippen LogP contribution in [0.3, 0.4) is 0 Å². The van der Waals surface area contributed by atoms with Gasteiger partial charge in [0.05, 0.1) is 19.3 Å². The molecule has 0 aliphatic carbocycles. The van der Waals surface area contributed by atoms with Crippen LogP contribution in [-0.4, -0.2) is 25.9 Å². The molecular formula is C14H30O2. The van der Waals surface area contributed by atoms with Crippen LogP contribution in [0.1, 0.15) is 54.4 Å². The summed E-state index contributed by atoms with van der Waals surface area (Å²) < 4.78 is 11.0. The molecule has 2 heteroatoms. The summed E-state index contributed by atoms with van der Waals surface area (Å²) in [4.78, 5) is 0. The number of hydrogen-bond donors (Lipinski definition) is 0. The average molecular weight is 230 g/mol. The summed E-state index contributed by atoms with van der Waals surface area (Å²) in [5, 5.41) is 0. The summed E-state index contributed by atoms with van der Waals surface area (Å²) in [6.45, 7) is 15.6. The van der Waals surface area contributed by atoms with Gasteiger partial charge in [0.2, 0.25) is 0 Å². The van der Waals surface area contributed by atoms with Gasteiger partial charge in [0.15, 0.2) is 0 Å². The maximum absolute atomic E-state index is 5.58. The van der Waals surface area contributed by atoms with Crippen molar-refractivity contribution in [1.29, 1.82) is 0 Å². The van der Waals surface area contributed by atoms with Crippen LogP contribution in [0.15, 0.2) is 0 Å². The first-order chi connectivity index (χ1) is 7.33. The van der Waals surface area contributed by atoms with Gasteiger partial charge in [-0.25, -0.2) is 0 Å². The van der Waals surface area contributed by atoms with E-state index in [1.54, 1.807) is 0 Å². The second kappa shape index (κ2) is 8.08. The number of rotatable bonds is 9. The van der Waals surface area contributed by atoms with Crippen LogP contribution in [0.4, 0.5) is 0 Å². The summed E-state index contributed by atoms with van der Waals surface area (Å²) in [5.41, 5.74) is 0.396. The van der Waals surface area contributed by atoms with E-state index in [2.05, 4.69) is 27.7 Å². The van der Waals surface area contributed by atoms with E-state index in [-0.39, 0.29) is 0 Å². The minimum absolute atomic E-state index is 0.306. The van der Waals surface area contributed by atoms with Gasteiger partial charge in [0.25, 0.3) is 0 Å². The molecule has 0 aromatic heterocycles. The van der Waals surface area contributed by atoms with Crippen LogP contribution >= 0.6 is 0 Å². The minimum atomic E-state index is 0.306. The fourth-order valence-electron chi connectivity index (χ4n) is 2.00. The molecule has 0 saturated carbocycles. The van der Waals surface area contributed by atoms with Crippen molar-refractivity contribution in [2.24, 2.45) is 11.3 Å². The highest BCUT2D eigenvalue weighted by Crippen LogP contribution is 2.28. The standard InChI is InChI=1S/C14H30O2/c1-12(2)11-14(5,6)7-8-15-9-10-16-13(3)4/h12-13H,7-11H2,1-6H3. The maximum atomic E-state index is 5.58. The normalized spacial score (nSPS) is 12.8. The van der Waals surface area contributed by atoms with Crippen molar-refractivity contribution in [3.8, 4) is 0 Å². The quantitative estimate of drug-likeness (QED) is 0.559. The van der Waals surface area contributed by atoms with Crippen molar-refractivity contribution in [3.05, 3.63) is 0 Å². The van der Waals surface area contributed by atoms with Crippen molar-refractivity contribution in [3.63, 3.8) is 0 Å². The second-order valence-corrected chi connectivity index (χ2v) is 6.04. The Hall–Kier alpha value is -0.0800. The highest BCUT2D eigenvalue weighted by molar-refractivity contribution is 4.69. The fourth-order valence-corrected chi connectivity index (χ4v) is 2.00. The van der Waals surface area contributed by atoms with Crippen LogP contribution in [0.2, 0.25) is 0 Å². The van der Waals surface area contributed by atoms with Crippen LogP contribution in [0.25, 0.3) is 0 Å². The molecule has 0 radical (unpaired) electrons. The van der Waals surface area contributed by atoms with Crippen molar-refractivity contribution in [2.45, 2.75) is 60.5 Å². The summed E-state index contributed by atoms with van der Waals surface area (Å²) in [6.07, 6.45) is 2.70. The zero-order chi connectivity index (χ0) is 12.6. The predicted octanol–water partition coefficient (Wildman–Crippen LogP) is 3.89. The lowest BCUT2D eigenvalue weighted by molar-refractivity contribution is 0.0117. The molecule has 98 valence electrons. The molecule has 0 aliphatic rings. The third kappa shape index (κ3) is 10.4. The zero-order valence-corrected chi connectivity index (χ0v) is 12.0. The van der Waals surface area contributed by atoms with Gasteiger partial charge in [0, 0.05) is 6.61 Å². The van der Waals surface area contributed by atoms with E-state index in [1.807, 2.05) is 13.8 Å². The van der Waals surface area contributed by atoms with E-state index in [4.69, 9.17) is 9.47 Å². The minimum Gasteiger partial charge on any atom is -0.379 e. The fraction of sp³-hybridized carbons (Fsp3) is 1.00. The average Bonchev–Trinajstić information content (AvgIpc) is 2.08. The third-order valence-electron chi connectivity index (χ3n) is 2.56. The highest BCUT2D eigenvalue weighted by atomic mass is 16.5. The molecule has 0 aromatic rings. The smallest absolute Gasteiger partial charge is 0.0703 e. The van der Waals surface area contributed by atoms with E-state index in [9.17, 15) is 0 Å². The Morgan fingerprint density at radius 1 is 0.938 bits per heavy atom. The van der Waals surface area contributed by atoms with Gasteiger partial charge in [-0.3, -0.25) is 0 Å². The second-order valence-electron chi connectivity index (χ2n) is 6.04. The molecule has 0 fully saturated rings. The molecule has 16 heavy (non-hydrogen) atoms. The Kier molecular flexibility index (Phi) is 8.04. The molecule has 0 aliphatic heterocycles. The first-order valence-corrected chi connectivity index (χ1v) is 6.53.